The summed E-state index contributed by atoms with van der Waals surface area (Å²) in [6.07, 6.45) is 4.21. The second-order valence-corrected chi connectivity index (χ2v) is 6.14. The first kappa shape index (κ1) is 13.6. The Morgan fingerprint density at radius 1 is 0.958 bits per heavy atom. The van der Waals surface area contributed by atoms with E-state index in [1.165, 1.54) is 6.42 Å². The quantitative estimate of drug-likeness (QED) is 0.575. The lowest BCUT2D eigenvalue weighted by molar-refractivity contribution is 0.360. The van der Waals surface area contributed by atoms with Crippen LogP contribution in [0, 0.1) is 0 Å². The zero-order valence-corrected chi connectivity index (χ0v) is 13.1. The topological polar surface area (TPSA) is 59.2 Å². The summed E-state index contributed by atoms with van der Waals surface area (Å²) in [5, 5.41) is 3.46. The fraction of sp³-hybridized carbons (Fsp3) is 0.211. The smallest absolute Gasteiger partial charge is 0.170 e. The van der Waals surface area contributed by atoms with E-state index in [-0.39, 0.29) is 0 Å². The maximum absolute atomic E-state index is 5.97. The summed E-state index contributed by atoms with van der Waals surface area (Å²) in [4.78, 5) is 7.96. The molecule has 5 rings (SSSR count). The molecule has 2 N–H and O–H groups in total. The molecule has 1 atom stereocenters. The van der Waals surface area contributed by atoms with E-state index in [4.69, 9.17) is 9.47 Å². The second kappa shape index (κ2) is 5.39. The molecule has 3 heterocycles. The van der Waals surface area contributed by atoms with Crippen molar-refractivity contribution in [2.75, 3.05) is 6.54 Å². The molecule has 0 aliphatic carbocycles. The Labute approximate surface area is 139 Å². The van der Waals surface area contributed by atoms with Crippen LogP contribution in [0.25, 0.3) is 11.3 Å². The minimum atomic E-state index is 0.336. The van der Waals surface area contributed by atoms with Crippen molar-refractivity contribution in [1.29, 1.82) is 0 Å². The van der Waals surface area contributed by atoms with E-state index in [1.807, 2.05) is 48.7 Å². The van der Waals surface area contributed by atoms with Gasteiger partial charge in [0, 0.05) is 5.56 Å². The number of imidazole rings is 1. The largest absolute Gasteiger partial charge is 0.450 e. The van der Waals surface area contributed by atoms with Gasteiger partial charge in [-0.25, -0.2) is 4.98 Å². The highest BCUT2D eigenvalue weighted by atomic mass is 16.6. The standard InChI is InChI=1S/C19H17N3O2/c1-2-6-16-15(5-1)23-17-8-7-12(10-18(17)24-16)14-11-21-19(22-14)13-4-3-9-20-13/h1-2,5-8,10-11,13,20H,3-4,9H2,(H,21,22). The summed E-state index contributed by atoms with van der Waals surface area (Å²) >= 11 is 0. The zero-order valence-electron chi connectivity index (χ0n) is 13.1. The fourth-order valence-electron chi connectivity index (χ4n) is 3.27. The Morgan fingerprint density at radius 3 is 2.54 bits per heavy atom. The number of aromatic amines is 1. The Balaban J connectivity index is 1.46. The molecule has 0 radical (unpaired) electrons. The number of nitrogens with one attached hydrogen (secondary N) is 2. The molecule has 120 valence electrons. The van der Waals surface area contributed by atoms with Crippen molar-refractivity contribution in [3.63, 3.8) is 0 Å². The first-order valence-electron chi connectivity index (χ1n) is 8.24. The van der Waals surface area contributed by atoms with E-state index in [0.717, 1.165) is 53.0 Å². The molecule has 2 aliphatic heterocycles. The average Bonchev–Trinajstić information content (AvgIpc) is 3.30. The highest BCUT2D eigenvalue weighted by Crippen LogP contribution is 2.46. The third-order valence-electron chi connectivity index (χ3n) is 4.53. The summed E-state index contributed by atoms with van der Waals surface area (Å²) < 4.78 is 11.9. The number of nitrogens with zero attached hydrogens (tertiary/aromatic N) is 1. The maximum Gasteiger partial charge on any atom is 0.170 e. The summed E-state index contributed by atoms with van der Waals surface area (Å²) in [6.45, 7) is 1.06. The molecule has 0 amide bonds. The molecular formula is C19H17N3O2. The lowest BCUT2D eigenvalue weighted by Crippen LogP contribution is -2.14. The van der Waals surface area contributed by atoms with Crippen LogP contribution in [0.1, 0.15) is 24.7 Å². The van der Waals surface area contributed by atoms with Gasteiger partial charge >= 0.3 is 0 Å². The minimum absolute atomic E-state index is 0.336. The van der Waals surface area contributed by atoms with Crippen molar-refractivity contribution in [3.05, 3.63) is 54.5 Å². The SMILES string of the molecule is c1ccc2c(c1)Oc1ccc(-c3cnc(C4CCCN4)[nH]3)cc1O2. The monoisotopic (exact) mass is 319 g/mol. The Hall–Kier alpha value is -2.79. The van der Waals surface area contributed by atoms with Gasteiger partial charge in [0.25, 0.3) is 0 Å². The van der Waals surface area contributed by atoms with Crippen LogP contribution >= 0.6 is 0 Å². The molecule has 0 bridgehead atoms. The number of ether oxygens (including phenoxy) is 2. The van der Waals surface area contributed by atoms with Crippen LogP contribution in [-0.2, 0) is 0 Å². The Kier molecular flexibility index (Phi) is 3.06. The number of benzene rings is 2. The lowest BCUT2D eigenvalue weighted by atomic mass is 10.1. The van der Waals surface area contributed by atoms with Crippen LogP contribution < -0.4 is 14.8 Å². The molecular weight excluding hydrogens is 302 g/mol. The van der Waals surface area contributed by atoms with Gasteiger partial charge in [-0.2, -0.15) is 0 Å². The summed E-state index contributed by atoms with van der Waals surface area (Å²) in [6, 6.07) is 14.0. The molecule has 5 heteroatoms. The third kappa shape index (κ3) is 2.25. The fourth-order valence-corrected chi connectivity index (χ4v) is 3.27. The molecule has 1 fully saturated rings. The van der Waals surface area contributed by atoms with E-state index in [0.29, 0.717) is 6.04 Å². The molecule has 2 aromatic carbocycles. The van der Waals surface area contributed by atoms with Crippen LogP contribution in [0.5, 0.6) is 23.0 Å². The number of H-pyrrole nitrogens is 1. The number of rotatable bonds is 2. The molecule has 0 saturated carbocycles. The highest BCUT2D eigenvalue weighted by molar-refractivity contribution is 5.66. The summed E-state index contributed by atoms with van der Waals surface area (Å²) in [7, 11) is 0. The van der Waals surface area contributed by atoms with Crippen LogP contribution in [0.2, 0.25) is 0 Å². The number of aromatic nitrogens is 2. The van der Waals surface area contributed by atoms with Gasteiger partial charge in [0.05, 0.1) is 17.9 Å². The first-order valence-corrected chi connectivity index (χ1v) is 8.24. The van der Waals surface area contributed by atoms with Crippen LogP contribution in [0.3, 0.4) is 0 Å². The predicted molar refractivity (Wildman–Crippen MR) is 90.6 cm³/mol. The van der Waals surface area contributed by atoms with Crippen molar-refractivity contribution in [2.24, 2.45) is 0 Å². The van der Waals surface area contributed by atoms with Crippen LogP contribution in [0.4, 0.5) is 0 Å². The third-order valence-corrected chi connectivity index (χ3v) is 4.53. The summed E-state index contributed by atoms with van der Waals surface area (Å²) in [5.41, 5.74) is 2.03. The highest BCUT2D eigenvalue weighted by Gasteiger charge is 2.21. The molecule has 1 saturated heterocycles. The normalized spacial score (nSPS) is 18.4. The molecule has 24 heavy (non-hydrogen) atoms. The van der Waals surface area contributed by atoms with E-state index >= 15 is 0 Å². The van der Waals surface area contributed by atoms with Crippen LogP contribution in [0.15, 0.2) is 48.7 Å². The maximum atomic E-state index is 5.97. The van der Waals surface area contributed by atoms with E-state index in [1.54, 1.807) is 0 Å². The van der Waals surface area contributed by atoms with Crippen molar-refractivity contribution in [2.45, 2.75) is 18.9 Å². The molecule has 1 unspecified atom stereocenters. The van der Waals surface area contributed by atoms with Gasteiger partial charge < -0.3 is 19.8 Å². The van der Waals surface area contributed by atoms with Crippen molar-refractivity contribution in [3.8, 4) is 34.3 Å². The second-order valence-electron chi connectivity index (χ2n) is 6.14. The average molecular weight is 319 g/mol. The number of hydrogen-bond donors (Lipinski definition) is 2. The molecule has 0 spiro atoms. The lowest BCUT2D eigenvalue weighted by Gasteiger charge is -2.20. The van der Waals surface area contributed by atoms with E-state index < -0.39 is 0 Å². The van der Waals surface area contributed by atoms with Crippen molar-refractivity contribution >= 4 is 0 Å². The van der Waals surface area contributed by atoms with Gasteiger partial charge in [-0.05, 0) is 49.7 Å². The zero-order chi connectivity index (χ0) is 15.9. The number of para-hydroxylation sites is 2. The number of hydrogen-bond acceptors (Lipinski definition) is 4. The first-order chi connectivity index (χ1) is 11.9. The predicted octanol–water partition coefficient (Wildman–Crippen LogP) is 4.40. The van der Waals surface area contributed by atoms with Gasteiger partial charge in [-0.15, -0.1) is 0 Å². The van der Waals surface area contributed by atoms with Gasteiger partial charge in [0.15, 0.2) is 23.0 Å². The summed E-state index contributed by atoms with van der Waals surface area (Å²) in [5.74, 6) is 3.94. The Bertz CT molecular complexity index is 897. The van der Waals surface area contributed by atoms with Gasteiger partial charge in [0.1, 0.15) is 5.82 Å². The molecule has 5 nitrogen and oxygen atoms in total. The number of fused-ring (bicyclic) bond motifs is 2. The van der Waals surface area contributed by atoms with Gasteiger partial charge in [-0.3, -0.25) is 0 Å². The molecule has 2 aliphatic rings. The van der Waals surface area contributed by atoms with Crippen LogP contribution in [-0.4, -0.2) is 16.5 Å². The van der Waals surface area contributed by atoms with Crippen molar-refractivity contribution in [1.82, 2.24) is 15.3 Å². The van der Waals surface area contributed by atoms with Gasteiger partial charge in [-0.1, -0.05) is 12.1 Å². The Morgan fingerprint density at radius 2 is 1.75 bits per heavy atom. The van der Waals surface area contributed by atoms with E-state index in [2.05, 4.69) is 15.3 Å². The van der Waals surface area contributed by atoms with Crippen molar-refractivity contribution < 1.29 is 9.47 Å². The minimum Gasteiger partial charge on any atom is -0.450 e. The van der Waals surface area contributed by atoms with Gasteiger partial charge in [0.2, 0.25) is 0 Å². The molecule has 3 aromatic rings. The molecule has 1 aromatic heterocycles. The van der Waals surface area contributed by atoms with E-state index in [9.17, 15) is 0 Å².